The van der Waals surface area contributed by atoms with Crippen LogP contribution in [-0.2, 0) is 13.2 Å². The maximum atomic E-state index is 13.3. The van der Waals surface area contributed by atoms with Crippen LogP contribution in [0.4, 0.5) is 19.1 Å². The first-order valence-electron chi connectivity index (χ1n) is 10.2. The number of halogens is 3. The molecule has 2 aliphatic rings. The number of hydrogen-bond donors (Lipinski definition) is 2. The molecule has 35 heavy (non-hydrogen) atoms. The van der Waals surface area contributed by atoms with E-state index in [1.54, 1.807) is 12.1 Å². The van der Waals surface area contributed by atoms with E-state index in [1.165, 1.54) is 34.9 Å². The Morgan fingerprint density at radius 1 is 1.29 bits per heavy atom. The lowest BCUT2D eigenvalue weighted by atomic mass is 10.0. The smallest absolute Gasteiger partial charge is 0.352 e. The lowest BCUT2D eigenvalue weighted by molar-refractivity contribution is 0.182. The molecule has 4 rings (SSSR count). The van der Waals surface area contributed by atoms with Crippen molar-refractivity contribution >= 4 is 5.82 Å². The van der Waals surface area contributed by atoms with Crippen LogP contribution in [0.5, 0.6) is 11.6 Å². The maximum absolute atomic E-state index is 13.3. The average molecular weight is 484 g/mol. The molecular weight excluding hydrogens is 465 g/mol. The molecule has 12 heteroatoms. The Bertz CT molecular complexity index is 1320. The van der Waals surface area contributed by atoms with E-state index in [2.05, 4.69) is 16.3 Å². The first kappa shape index (κ1) is 25.1. The van der Waals surface area contributed by atoms with E-state index in [9.17, 15) is 18.8 Å². The van der Waals surface area contributed by atoms with Crippen molar-refractivity contribution in [3.8, 4) is 23.8 Å². The van der Waals surface area contributed by atoms with Crippen LogP contribution in [0.1, 0.15) is 11.1 Å². The molecule has 1 aliphatic carbocycles. The van der Waals surface area contributed by atoms with Crippen molar-refractivity contribution in [1.82, 2.24) is 9.55 Å². The third kappa shape index (κ3) is 5.88. The second-order valence-electron chi connectivity index (χ2n) is 7.18. The maximum Gasteiger partial charge on any atom is 0.352 e. The molecule has 1 aromatic carbocycles. The molecule has 3 N–H and O–H groups in total. The highest BCUT2D eigenvalue weighted by atomic mass is 19.3. The summed E-state index contributed by atoms with van der Waals surface area (Å²) in [6, 6.07) is 10.2. The highest BCUT2D eigenvalue weighted by Crippen LogP contribution is 2.28. The lowest BCUT2D eigenvalue weighted by Gasteiger charge is -2.12. The third-order valence-corrected chi connectivity index (χ3v) is 5.03. The number of nitrogens with one attached hydrogen (secondary N) is 1. The predicted molar refractivity (Wildman–Crippen MR) is 119 cm³/mol. The molecule has 2 aromatic rings. The number of fused-ring (bicyclic) bond motifs is 1. The summed E-state index contributed by atoms with van der Waals surface area (Å²) >= 11 is 0. The zero-order valence-electron chi connectivity index (χ0n) is 18.1. The van der Waals surface area contributed by atoms with Crippen LogP contribution in [0.3, 0.4) is 0 Å². The van der Waals surface area contributed by atoms with Crippen LogP contribution in [0.25, 0.3) is 0 Å². The molecule has 0 spiro atoms. The Hall–Kier alpha value is -4.55. The molecule has 0 saturated heterocycles. The topological polar surface area (TPSA) is 139 Å². The number of ether oxygens (including phenoxy) is 2. The fourth-order valence-corrected chi connectivity index (χ4v) is 3.40. The number of hydrogen-bond acceptors (Lipinski definition) is 8. The van der Waals surface area contributed by atoms with Crippen LogP contribution in [-0.4, -0.2) is 22.5 Å². The van der Waals surface area contributed by atoms with Gasteiger partial charge in [0.1, 0.15) is 30.0 Å². The molecule has 1 aliphatic heterocycles. The molecule has 1 unspecified atom stereocenters. The van der Waals surface area contributed by atoms with E-state index in [0.29, 0.717) is 24.5 Å². The van der Waals surface area contributed by atoms with Gasteiger partial charge in [-0.05, 0) is 29.8 Å². The lowest BCUT2D eigenvalue weighted by Crippen LogP contribution is -2.21. The molecular formula is C23H19F3N6O3. The number of allylic oxidation sites excluding steroid dienone is 5. The number of alkyl halides is 2. The van der Waals surface area contributed by atoms with Gasteiger partial charge in [-0.1, -0.05) is 18.2 Å². The molecule has 0 radical (unpaired) electrons. The van der Waals surface area contributed by atoms with E-state index in [1.807, 2.05) is 12.1 Å². The van der Waals surface area contributed by atoms with Crippen LogP contribution in [0, 0.1) is 28.6 Å². The Morgan fingerprint density at radius 3 is 2.80 bits per heavy atom. The average Bonchev–Trinajstić information content (AvgIpc) is 3.25. The highest BCUT2D eigenvalue weighted by Gasteiger charge is 2.22. The summed E-state index contributed by atoms with van der Waals surface area (Å²) in [4.78, 5) is 15.9. The van der Waals surface area contributed by atoms with Gasteiger partial charge in [0.2, 0.25) is 5.88 Å². The first-order valence-corrected chi connectivity index (χ1v) is 10.2. The van der Waals surface area contributed by atoms with E-state index >= 15 is 0 Å². The van der Waals surface area contributed by atoms with E-state index in [4.69, 9.17) is 19.2 Å². The minimum Gasteiger partial charge on any atom is -0.473 e. The number of aromatic nitrogens is 2. The van der Waals surface area contributed by atoms with Crippen molar-refractivity contribution in [2.24, 2.45) is 11.9 Å². The highest BCUT2D eigenvalue weighted by molar-refractivity contribution is 5.48. The number of nitrogens with zero attached hydrogens (tertiary/aromatic N) is 4. The van der Waals surface area contributed by atoms with Crippen molar-refractivity contribution in [1.29, 1.82) is 10.5 Å². The summed E-state index contributed by atoms with van der Waals surface area (Å²) in [7, 11) is 0. The van der Waals surface area contributed by atoms with Crippen LogP contribution >= 0.6 is 0 Å². The van der Waals surface area contributed by atoms with Gasteiger partial charge in [0.15, 0.2) is 0 Å². The molecule has 0 amide bonds. The fourth-order valence-electron chi connectivity index (χ4n) is 3.40. The van der Waals surface area contributed by atoms with Crippen molar-refractivity contribution in [2.45, 2.75) is 19.6 Å². The SMILES string of the molecule is N#Cc1cc(COc2cc3n(c(=O)n2)CCN3)ccc1OC1=CC=CC(C#N)C(C(F)F)=C1.NF. The van der Waals surface area contributed by atoms with Crippen LogP contribution in [0.15, 0.2) is 64.7 Å². The molecule has 1 aromatic heterocycles. The van der Waals surface area contributed by atoms with E-state index < -0.39 is 18.0 Å². The van der Waals surface area contributed by atoms with Gasteiger partial charge in [-0.25, -0.2) is 13.6 Å². The predicted octanol–water partition coefficient (Wildman–Crippen LogP) is 3.11. The Morgan fingerprint density at radius 2 is 2.09 bits per heavy atom. The normalized spacial score (nSPS) is 15.8. The summed E-state index contributed by atoms with van der Waals surface area (Å²) in [5.74, 6) is 2.97. The minimum absolute atomic E-state index is 0.0512. The molecule has 0 bridgehead atoms. The largest absolute Gasteiger partial charge is 0.473 e. The van der Waals surface area contributed by atoms with Crippen molar-refractivity contribution in [2.75, 3.05) is 11.9 Å². The van der Waals surface area contributed by atoms with Gasteiger partial charge in [0.25, 0.3) is 6.43 Å². The monoisotopic (exact) mass is 484 g/mol. The van der Waals surface area contributed by atoms with Gasteiger partial charge < -0.3 is 14.8 Å². The van der Waals surface area contributed by atoms with Gasteiger partial charge in [-0.15, -0.1) is 4.48 Å². The summed E-state index contributed by atoms with van der Waals surface area (Å²) < 4.78 is 48.5. The molecule has 2 heterocycles. The number of nitriles is 2. The second-order valence-corrected chi connectivity index (χ2v) is 7.18. The van der Waals surface area contributed by atoms with E-state index in [0.717, 1.165) is 6.08 Å². The Balaban J connectivity index is 0.00000167. The van der Waals surface area contributed by atoms with Gasteiger partial charge >= 0.3 is 5.69 Å². The molecule has 1 atom stereocenters. The molecule has 180 valence electrons. The standard InChI is InChI=1S/C23H17F2N5O3.FH2N/c24-22(25)18-9-17(3-1-2-15(18)11-26)33-19-5-4-14(8-16(19)12-27)13-32-21-10-20-28-6-7-30(20)23(31)29-21;1-2/h1-5,8-10,15,22,28H,6-7,13H2;2H2. The van der Waals surface area contributed by atoms with Crippen molar-refractivity contribution < 1.29 is 22.7 Å². The number of nitrogens with two attached hydrogens (primary N) is 1. The van der Waals surface area contributed by atoms with Gasteiger partial charge in [0.05, 0.1) is 17.6 Å². The summed E-state index contributed by atoms with van der Waals surface area (Å²) in [5.41, 5.74) is -0.00196. The molecule has 9 nitrogen and oxygen atoms in total. The van der Waals surface area contributed by atoms with Gasteiger partial charge in [-0.3, -0.25) is 4.57 Å². The zero-order chi connectivity index (χ0) is 25.4. The molecule has 0 fully saturated rings. The Labute approximate surface area is 197 Å². The van der Waals surface area contributed by atoms with Crippen LogP contribution in [0.2, 0.25) is 0 Å². The minimum atomic E-state index is -2.82. The zero-order valence-corrected chi connectivity index (χ0v) is 18.1. The van der Waals surface area contributed by atoms with Crippen LogP contribution < -0.4 is 26.4 Å². The summed E-state index contributed by atoms with van der Waals surface area (Å²) in [6.45, 7) is 1.24. The van der Waals surface area contributed by atoms with Gasteiger partial charge in [-0.2, -0.15) is 21.5 Å². The van der Waals surface area contributed by atoms with Crippen molar-refractivity contribution in [3.63, 3.8) is 0 Å². The number of benzene rings is 1. The fraction of sp³-hybridized carbons (Fsp3) is 0.217. The number of anilines is 1. The van der Waals surface area contributed by atoms with Gasteiger partial charge in [0, 0.05) is 24.7 Å². The quantitative estimate of drug-likeness (QED) is 0.597. The first-order chi connectivity index (χ1) is 17.0. The Kier molecular flexibility index (Phi) is 8.27. The number of rotatable bonds is 6. The third-order valence-electron chi connectivity index (χ3n) is 5.03. The summed E-state index contributed by atoms with van der Waals surface area (Å²) in [6.07, 6.45) is 2.56. The van der Waals surface area contributed by atoms with E-state index in [-0.39, 0.29) is 35.1 Å². The summed E-state index contributed by atoms with van der Waals surface area (Å²) in [5, 5.41) is 21.7. The second kappa shape index (κ2) is 11.5. The van der Waals surface area contributed by atoms with Crippen molar-refractivity contribution in [3.05, 3.63) is 81.5 Å². The molecule has 0 saturated carbocycles.